The Balaban J connectivity index is 1.78. The predicted octanol–water partition coefficient (Wildman–Crippen LogP) is 4.34. The number of aromatic nitrogens is 2. The zero-order valence-corrected chi connectivity index (χ0v) is 18.4. The number of benzene rings is 2. The van der Waals surface area contributed by atoms with Crippen molar-refractivity contribution in [2.45, 2.75) is 45.4 Å². The quantitative estimate of drug-likeness (QED) is 0.449. The fourth-order valence-electron chi connectivity index (χ4n) is 3.29. The van der Waals surface area contributed by atoms with Gasteiger partial charge in [0.05, 0.1) is 16.7 Å². The lowest BCUT2D eigenvalue weighted by Gasteiger charge is -2.20. The zero-order chi connectivity index (χ0) is 21.1. The highest BCUT2D eigenvalue weighted by molar-refractivity contribution is 7.99. The number of carbonyl (C=O) groups excluding carboxylic acids is 1. The molecule has 0 fully saturated rings. The number of nitrogens with zero attached hydrogens (tertiary/aromatic N) is 3. The molecule has 0 saturated heterocycles. The van der Waals surface area contributed by atoms with E-state index in [1.807, 2.05) is 39.1 Å². The Morgan fingerprint density at radius 2 is 1.90 bits per heavy atom. The van der Waals surface area contributed by atoms with Gasteiger partial charge in [-0.05, 0) is 51.0 Å². The number of fused-ring (bicyclic) bond motifs is 1. The molecule has 0 atom stereocenters. The van der Waals surface area contributed by atoms with Gasteiger partial charge in [-0.25, -0.2) is 4.98 Å². The monoisotopic (exact) mass is 409 g/mol. The maximum Gasteiger partial charge on any atom is 0.262 e. The van der Waals surface area contributed by atoms with Crippen molar-refractivity contribution in [3.63, 3.8) is 0 Å². The first-order chi connectivity index (χ1) is 13.8. The summed E-state index contributed by atoms with van der Waals surface area (Å²) in [7, 11) is 1.81. The highest BCUT2D eigenvalue weighted by Gasteiger charge is 2.17. The van der Waals surface area contributed by atoms with Gasteiger partial charge < -0.3 is 4.90 Å². The first-order valence-corrected chi connectivity index (χ1v) is 10.7. The Bertz CT molecular complexity index is 1100. The van der Waals surface area contributed by atoms with Gasteiger partial charge in [-0.3, -0.25) is 14.2 Å². The molecule has 5 nitrogen and oxygen atoms in total. The molecule has 0 aliphatic heterocycles. The van der Waals surface area contributed by atoms with Crippen molar-refractivity contribution >= 4 is 28.6 Å². The molecule has 1 amide bonds. The number of para-hydroxylation sites is 1. The number of rotatable bonds is 6. The SMILES string of the molecule is Cc1ccc(CN(C)C(=O)CSc2nc3ccccc3c(=O)n2C(C)C)c(C)c1. The second-order valence-electron chi connectivity index (χ2n) is 7.65. The van der Waals surface area contributed by atoms with Crippen LogP contribution in [0.3, 0.4) is 0 Å². The van der Waals surface area contributed by atoms with Crippen LogP contribution in [0.15, 0.2) is 52.4 Å². The summed E-state index contributed by atoms with van der Waals surface area (Å²) in [6.07, 6.45) is 0. The van der Waals surface area contributed by atoms with Gasteiger partial charge in [0.1, 0.15) is 0 Å². The summed E-state index contributed by atoms with van der Waals surface area (Å²) in [6.45, 7) is 8.60. The third-order valence-electron chi connectivity index (χ3n) is 4.95. The van der Waals surface area contributed by atoms with E-state index in [0.717, 1.165) is 5.56 Å². The van der Waals surface area contributed by atoms with E-state index in [-0.39, 0.29) is 23.3 Å². The highest BCUT2D eigenvalue weighted by atomic mass is 32.2. The normalized spacial score (nSPS) is 11.2. The van der Waals surface area contributed by atoms with Crippen molar-refractivity contribution in [1.29, 1.82) is 0 Å². The van der Waals surface area contributed by atoms with Crippen LogP contribution in [0.2, 0.25) is 0 Å². The van der Waals surface area contributed by atoms with Gasteiger partial charge in [-0.15, -0.1) is 0 Å². The number of hydrogen-bond donors (Lipinski definition) is 0. The number of carbonyl (C=O) groups is 1. The molecule has 0 N–H and O–H groups in total. The van der Waals surface area contributed by atoms with E-state index in [1.54, 1.807) is 15.5 Å². The Labute approximate surface area is 175 Å². The van der Waals surface area contributed by atoms with Crippen molar-refractivity contribution in [1.82, 2.24) is 14.5 Å². The van der Waals surface area contributed by atoms with Gasteiger partial charge >= 0.3 is 0 Å². The summed E-state index contributed by atoms with van der Waals surface area (Å²) in [5.74, 6) is 0.242. The molecule has 0 unspecified atom stereocenters. The first kappa shape index (κ1) is 21.1. The van der Waals surface area contributed by atoms with Crippen molar-refractivity contribution in [3.05, 3.63) is 69.5 Å². The fourth-order valence-corrected chi connectivity index (χ4v) is 4.35. The molecule has 0 spiro atoms. The lowest BCUT2D eigenvalue weighted by atomic mass is 10.1. The molecule has 2 aromatic carbocycles. The summed E-state index contributed by atoms with van der Waals surface area (Å²) >= 11 is 1.32. The summed E-state index contributed by atoms with van der Waals surface area (Å²) in [6, 6.07) is 13.6. The van der Waals surface area contributed by atoms with Crippen LogP contribution in [-0.4, -0.2) is 33.2 Å². The van der Waals surface area contributed by atoms with E-state index in [1.165, 1.54) is 22.9 Å². The number of thioether (sulfide) groups is 1. The average molecular weight is 410 g/mol. The van der Waals surface area contributed by atoms with Crippen LogP contribution >= 0.6 is 11.8 Å². The van der Waals surface area contributed by atoms with Crippen molar-refractivity contribution < 1.29 is 4.79 Å². The molecule has 0 aliphatic carbocycles. The Kier molecular flexibility index (Phi) is 6.42. The smallest absolute Gasteiger partial charge is 0.262 e. The van der Waals surface area contributed by atoms with Crippen LogP contribution in [0.25, 0.3) is 10.9 Å². The number of hydrogen-bond acceptors (Lipinski definition) is 4. The second kappa shape index (κ2) is 8.82. The first-order valence-electron chi connectivity index (χ1n) is 9.72. The second-order valence-corrected chi connectivity index (χ2v) is 8.59. The Hall–Kier alpha value is -2.60. The minimum absolute atomic E-state index is 0.00712. The molecule has 6 heteroatoms. The van der Waals surface area contributed by atoms with Crippen LogP contribution < -0.4 is 5.56 Å². The zero-order valence-electron chi connectivity index (χ0n) is 17.6. The lowest BCUT2D eigenvalue weighted by Crippen LogP contribution is -2.29. The molecule has 0 radical (unpaired) electrons. The molecule has 0 aliphatic rings. The molecule has 3 rings (SSSR count). The van der Waals surface area contributed by atoms with Gasteiger partial charge in [0, 0.05) is 19.6 Å². The van der Waals surface area contributed by atoms with Crippen molar-refractivity contribution in [2.75, 3.05) is 12.8 Å². The molecule has 29 heavy (non-hydrogen) atoms. The van der Waals surface area contributed by atoms with E-state index < -0.39 is 0 Å². The molecule has 0 bridgehead atoms. The molecule has 1 heterocycles. The number of aryl methyl sites for hydroxylation is 2. The summed E-state index contributed by atoms with van der Waals surface area (Å²) < 4.78 is 1.67. The highest BCUT2D eigenvalue weighted by Crippen LogP contribution is 2.21. The van der Waals surface area contributed by atoms with Crippen LogP contribution in [0, 0.1) is 13.8 Å². The maximum atomic E-state index is 12.9. The average Bonchev–Trinajstić information content (AvgIpc) is 2.68. The Morgan fingerprint density at radius 3 is 2.59 bits per heavy atom. The third kappa shape index (κ3) is 4.70. The molecule has 1 aromatic heterocycles. The largest absolute Gasteiger partial charge is 0.341 e. The fraction of sp³-hybridized carbons (Fsp3) is 0.348. The summed E-state index contributed by atoms with van der Waals surface area (Å²) in [5.41, 5.74) is 4.13. The van der Waals surface area contributed by atoms with E-state index in [9.17, 15) is 9.59 Å². The van der Waals surface area contributed by atoms with E-state index in [2.05, 4.69) is 37.0 Å². The third-order valence-corrected chi connectivity index (χ3v) is 5.89. The van der Waals surface area contributed by atoms with E-state index in [4.69, 9.17) is 0 Å². The van der Waals surface area contributed by atoms with Crippen molar-refractivity contribution in [3.8, 4) is 0 Å². The van der Waals surface area contributed by atoms with Crippen LogP contribution in [-0.2, 0) is 11.3 Å². The molecule has 3 aromatic rings. The van der Waals surface area contributed by atoms with E-state index in [0.29, 0.717) is 22.6 Å². The predicted molar refractivity (Wildman–Crippen MR) is 120 cm³/mol. The van der Waals surface area contributed by atoms with Gasteiger partial charge in [-0.1, -0.05) is 47.7 Å². The topological polar surface area (TPSA) is 55.2 Å². The van der Waals surface area contributed by atoms with Gasteiger partial charge in [0.25, 0.3) is 5.56 Å². The summed E-state index contributed by atoms with van der Waals surface area (Å²) in [5, 5.41) is 1.18. The lowest BCUT2D eigenvalue weighted by molar-refractivity contribution is -0.127. The molecule has 0 saturated carbocycles. The summed E-state index contributed by atoms with van der Waals surface area (Å²) in [4.78, 5) is 32.0. The van der Waals surface area contributed by atoms with E-state index >= 15 is 0 Å². The molecule has 152 valence electrons. The minimum atomic E-state index is -0.0656. The van der Waals surface area contributed by atoms with Gasteiger partial charge in [-0.2, -0.15) is 0 Å². The van der Waals surface area contributed by atoms with Crippen LogP contribution in [0.1, 0.15) is 36.6 Å². The van der Waals surface area contributed by atoms with Gasteiger partial charge in [0.2, 0.25) is 5.91 Å². The van der Waals surface area contributed by atoms with Crippen LogP contribution in [0.5, 0.6) is 0 Å². The van der Waals surface area contributed by atoms with Crippen LogP contribution in [0.4, 0.5) is 0 Å². The number of amides is 1. The molecular weight excluding hydrogens is 382 g/mol. The van der Waals surface area contributed by atoms with Crippen molar-refractivity contribution in [2.24, 2.45) is 0 Å². The Morgan fingerprint density at radius 1 is 1.17 bits per heavy atom. The maximum absolute atomic E-state index is 12.9. The minimum Gasteiger partial charge on any atom is -0.341 e. The standard InChI is InChI=1S/C23H27N3O2S/c1-15(2)26-22(28)19-8-6-7-9-20(19)24-23(26)29-14-21(27)25(5)13-18-11-10-16(3)12-17(18)4/h6-12,15H,13-14H2,1-5H3. The van der Waals surface area contributed by atoms with Gasteiger partial charge in [0.15, 0.2) is 5.16 Å². The molecular formula is C23H27N3O2S.